The van der Waals surface area contributed by atoms with Crippen LogP contribution in [0.5, 0.6) is 0 Å². The molecule has 1 fully saturated rings. The first kappa shape index (κ1) is 17.3. The van der Waals surface area contributed by atoms with E-state index in [4.69, 9.17) is 0 Å². The highest BCUT2D eigenvalue weighted by Gasteiger charge is 2.29. The van der Waals surface area contributed by atoms with E-state index in [1.54, 1.807) is 0 Å². The number of hydrogen-bond donors (Lipinski definition) is 0. The second kappa shape index (κ2) is 8.04. The predicted octanol–water partition coefficient (Wildman–Crippen LogP) is 3.56. The van der Waals surface area contributed by atoms with Gasteiger partial charge in [-0.2, -0.15) is 0 Å². The Hall–Kier alpha value is -3.14. The number of anilines is 1. The Morgan fingerprint density at radius 3 is 1.81 bits per heavy atom. The van der Waals surface area contributed by atoms with E-state index in [0.717, 1.165) is 30.0 Å². The van der Waals surface area contributed by atoms with Gasteiger partial charge in [0.05, 0.1) is 5.92 Å². The zero-order chi connectivity index (χ0) is 18.5. The largest absolute Gasteiger partial charge is 0.353 e. The quantitative estimate of drug-likeness (QED) is 0.716. The summed E-state index contributed by atoms with van der Waals surface area (Å²) in [5.74, 6) is 0.897. The SMILES string of the molecule is O=C(C(c1ccccc1)c1ccccc1)N1CCN(c2ccccn2)CC1. The smallest absolute Gasteiger partial charge is 0.234 e. The fourth-order valence-electron chi connectivity index (χ4n) is 3.65. The molecule has 1 aromatic heterocycles. The van der Waals surface area contributed by atoms with Crippen molar-refractivity contribution < 1.29 is 4.79 Å². The predicted molar refractivity (Wildman–Crippen MR) is 108 cm³/mol. The number of pyridine rings is 1. The van der Waals surface area contributed by atoms with Gasteiger partial charge in [-0.15, -0.1) is 0 Å². The molecule has 136 valence electrons. The summed E-state index contributed by atoms with van der Waals surface area (Å²) >= 11 is 0. The van der Waals surface area contributed by atoms with Crippen LogP contribution in [-0.4, -0.2) is 42.0 Å². The topological polar surface area (TPSA) is 36.4 Å². The number of hydrogen-bond acceptors (Lipinski definition) is 3. The van der Waals surface area contributed by atoms with Crippen molar-refractivity contribution in [2.24, 2.45) is 0 Å². The van der Waals surface area contributed by atoms with Gasteiger partial charge in [-0.3, -0.25) is 4.79 Å². The van der Waals surface area contributed by atoms with E-state index >= 15 is 0 Å². The summed E-state index contributed by atoms with van der Waals surface area (Å²) in [7, 11) is 0. The number of amides is 1. The second-order valence-corrected chi connectivity index (χ2v) is 6.75. The van der Waals surface area contributed by atoms with Crippen molar-refractivity contribution in [3.8, 4) is 0 Å². The Labute approximate surface area is 160 Å². The van der Waals surface area contributed by atoms with Crippen LogP contribution in [0.4, 0.5) is 5.82 Å². The van der Waals surface area contributed by atoms with Crippen LogP contribution in [0, 0.1) is 0 Å². The fraction of sp³-hybridized carbons (Fsp3) is 0.217. The number of piperazine rings is 1. The standard InChI is InChI=1S/C23H23N3O/c27-23(26-17-15-25(16-18-26)21-13-7-8-14-24-21)22(19-9-3-1-4-10-19)20-11-5-2-6-12-20/h1-14,22H,15-18H2. The van der Waals surface area contributed by atoms with Gasteiger partial charge in [-0.1, -0.05) is 66.7 Å². The van der Waals surface area contributed by atoms with Crippen LogP contribution in [0.3, 0.4) is 0 Å². The summed E-state index contributed by atoms with van der Waals surface area (Å²) in [5.41, 5.74) is 2.08. The van der Waals surface area contributed by atoms with Gasteiger partial charge < -0.3 is 9.80 Å². The molecule has 0 N–H and O–H groups in total. The van der Waals surface area contributed by atoms with Gasteiger partial charge in [-0.25, -0.2) is 4.98 Å². The molecule has 1 saturated heterocycles. The van der Waals surface area contributed by atoms with E-state index in [1.165, 1.54) is 0 Å². The third kappa shape index (κ3) is 3.85. The highest BCUT2D eigenvalue weighted by atomic mass is 16.2. The molecule has 0 spiro atoms. The van der Waals surface area contributed by atoms with Crippen LogP contribution >= 0.6 is 0 Å². The van der Waals surface area contributed by atoms with Gasteiger partial charge >= 0.3 is 0 Å². The molecule has 1 aliphatic heterocycles. The van der Waals surface area contributed by atoms with Crippen molar-refractivity contribution in [1.29, 1.82) is 0 Å². The molecular formula is C23H23N3O. The van der Waals surface area contributed by atoms with Crippen LogP contribution < -0.4 is 4.90 Å². The minimum Gasteiger partial charge on any atom is -0.353 e. The summed E-state index contributed by atoms with van der Waals surface area (Å²) in [5, 5.41) is 0. The van der Waals surface area contributed by atoms with Gasteiger partial charge in [0, 0.05) is 32.4 Å². The van der Waals surface area contributed by atoms with Crippen molar-refractivity contribution in [1.82, 2.24) is 9.88 Å². The van der Waals surface area contributed by atoms with E-state index in [2.05, 4.69) is 9.88 Å². The first-order valence-electron chi connectivity index (χ1n) is 9.37. The molecule has 0 atom stereocenters. The first-order chi connectivity index (χ1) is 13.3. The number of benzene rings is 2. The molecule has 0 saturated carbocycles. The van der Waals surface area contributed by atoms with Crippen LogP contribution in [0.1, 0.15) is 17.0 Å². The molecule has 4 rings (SSSR count). The molecule has 2 heterocycles. The van der Waals surface area contributed by atoms with Crippen molar-refractivity contribution in [3.63, 3.8) is 0 Å². The molecule has 2 aromatic carbocycles. The molecule has 1 amide bonds. The Balaban J connectivity index is 1.53. The number of aromatic nitrogens is 1. The van der Waals surface area contributed by atoms with E-state index in [9.17, 15) is 4.79 Å². The Morgan fingerprint density at radius 1 is 0.741 bits per heavy atom. The number of carbonyl (C=O) groups is 1. The van der Waals surface area contributed by atoms with E-state index in [1.807, 2.05) is 90.0 Å². The van der Waals surface area contributed by atoms with Crippen LogP contribution in [0.2, 0.25) is 0 Å². The summed E-state index contributed by atoms with van der Waals surface area (Å²) in [6.07, 6.45) is 1.81. The average Bonchev–Trinajstić information content (AvgIpc) is 2.76. The monoisotopic (exact) mass is 357 g/mol. The molecule has 0 aliphatic carbocycles. The second-order valence-electron chi connectivity index (χ2n) is 6.75. The van der Waals surface area contributed by atoms with Crippen molar-refractivity contribution in [2.75, 3.05) is 31.1 Å². The molecule has 0 radical (unpaired) electrons. The normalized spacial score (nSPS) is 14.4. The highest BCUT2D eigenvalue weighted by Crippen LogP contribution is 2.27. The minimum absolute atomic E-state index is 0.174. The maximum atomic E-state index is 13.4. The molecule has 27 heavy (non-hydrogen) atoms. The van der Waals surface area contributed by atoms with Gasteiger partial charge in [0.2, 0.25) is 5.91 Å². The molecule has 3 aromatic rings. The lowest BCUT2D eigenvalue weighted by Gasteiger charge is -2.37. The van der Waals surface area contributed by atoms with Crippen molar-refractivity contribution in [3.05, 3.63) is 96.2 Å². The number of nitrogens with zero attached hydrogens (tertiary/aromatic N) is 3. The zero-order valence-electron chi connectivity index (χ0n) is 15.2. The number of carbonyl (C=O) groups excluding carboxylic acids is 1. The van der Waals surface area contributed by atoms with E-state index in [-0.39, 0.29) is 11.8 Å². The Morgan fingerprint density at radius 2 is 1.30 bits per heavy atom. The highest BCUT2D eigenvalue weighted by molar-refractivity contribution is 5.87. The lowest BCUT2D eigenvalue weighted by atomic mass is 9.90. The van der Waals surface area contributed by atoms with E-state index < -0.39 is 0 Å². The summed E-state index contributed by atoms with van der Waals surface area (Å²) in [6.45, 7) is 3.04. The third-order valence-electron chi connectivity index (χ3n) is 5.08. The van der Waals surface area contributed by atoms with Crippen LogP contribution in [0.25, 0.3) is 0 Å². The van der Waals surface area contributed by atoms with Crippen molar-refractivity contribution >= 4 is 11.7 Å². The number of rotatable bonds is 4. The van der Waals surface area contributed by atoms with Crippen molar-refractivity contribution in [2.45, 2.75) is 5.92 Å². The molecule has 0 unspecified atom stereocenters. The lowest BCUT2D eigenvalue weighted by Crippen LogP contribution is -2.50. The minimum atomic E-state index is -0.256. The zero-order valence-corrected chi connectivity index (χ0v) is 15.2. The average molecular weight is 357 g/mol. The van der Waals surface area contributed by atoms with Gasteiger partial charge in [0.1, 0.15) is 5.82 Å². The fourth-order valence-corrected chi connectivity index (χ4v) is 3.65. The van der Waals surface area contributed by atoms with Gasteiger partial charge in [0.25, 0.3) is 0 Å². The maximum Gasteiger partial charge on any atom is 0.234 e. The molecule has 4 heteroatoms. The first-order valence-corrected chi connectivity index (χ1v) is 9.37. The van der Waals surface area contributed by atoms with Crippen LogP contribution in [0.15, 0.2) is 85.1 Å². The summed E-state index contributed by atoms with van der Waals surface area (Å²) in [6, 6.07) is 26.1. The van der Waals surface area contributed by atoms with Gasteiger partial charge in [0.15, 0.2) is 0 Å². The van der Waals surface area contributed by atoms with Gasteiger partial charge in [-0.05, 0) is 23.3 Å². The molecule has 0 bridgehead atoms. The third-order valence-corrected chi connectivity index (χ3v) is 5.08. The van der Waals surface area contributed by atoms with Crippen LogP contribution in [-0.2, 0) is 4.79 Å². The maximum absolute atomic E-state index is 13.4. The summed E-state index contributed by atoms with van der Waals surface area (Å²) in [4.78, 5) is 22.1. The molecular weight excluding hydrogens is 334 g/mol. The molecule has 1 aliphatic rings. The lowest BCUT2D eigenvalue weighted by molar-refractivity contribution is -0.132. The molecule has 4 nitrogen and oxygen atoms in total. The Kier molecular flexibility index (Phi) is 5.15. The van der Waals surface area contributed by atoms with E-state index in [0.29, 0.717) is 13.1 Å². The Bertz CT molecular complexity index is 820. The summed E-state index contributed by atoms with van der Waals surface area (Å²) < 4.78 is 0.